The molecule has 10 aromatic carbocycles. The molecule has 13 aromatic rings. The number of fused-ring (bicyclic) bond motifs is 10. The van der Waals surface area contributed by atoms with E-state index in [0.29, 0.717) is 0 Å². The molecule has 0 N–H and O–H groups in total. The van der Waals surface area contributed by atoms with Crippen LogP contribution in [0.2, 0.25) is 0 Å². The van der Waals surface area contributed by atoms with Crippen molar-refractivity contribution in [2.24, 2.45) is 7.05 Å². The number of allylic oxidation sites excluding steroid dienone is 4. The molecule has 0 bridgehead atoms. The van der Waals surface area contributed by atoms with Gasteiger partial charge in [0.1, 0.15) is 6.33 Å². The van der Waals surface area contributed by atoms with Crippen molar-refractivity contribution in [3.05, 3.63) is 230 Å². The van der Waals surface area contributed by atoms with Crippen LogP contribution in [0.25, 0.3) is 132 Å². The Morgan fingerprint density at radius 1 is 0.435 bits per heavy atom. The topological polar surface area (TPSA) is 35.6 Å². The quantitative estimate of drug-likeness (QED) is 0.118. The lowest BCUT2D eigenvalue weighted by Gasteiger charge is -2.14. The van der Waals surface area contributed by atoms with Crippen molar-refractivity contribution in [1.82, 2.24) is 19.1 Å². The zero-order valence-corrected chi connectivity index (χ0v) is 38.7. The molecule has 0 amide bonds. The summed E-state index contributed by atoms with van der Waals surface area (Å²) in [4.78, 5) is 9.58. The summed E-state index contributed by atoms with van der Waals surface area (Å²) in [5, 5.41) is 10.9. The number of aromatic nitrogens is 4. The van der Waals surface area contributed by atoms with E-state index in [0.717, 1.165) is 49.8 Å². The van der Waals surface area contributed by atoms with Crippen LogP contribution >= 0.6 is 0 Å². The lowest BCUT2D eigenvalue weighted by molar-refractivity contribution is 1.02. The highest BCUT2D eigenvalue weighted by molar-refractivity contribution is 6.16. The zero-order valence-electron chi connectivity index (χ0n) is 38.7. The highest BCUT2D eigenvalue weighted by atomic mass is 15.0. The first kappa shape index (κ1) is 40.4. The molecular formula is C65H46N4. The number of hydrogen-bond donors (Lipinski definition) is 0. The van der Waals surface area contributed by atoms with Crippen molar-refractivity contribution >= 4 is 81.6 Å². The predicted molar refractivity (Wildman–Crippen MR) is 293 cm³/mol. The molecule has 0 fully saturated rings. The molecule has 4 nitrogen and oxygen atoms in total. The molecule has 0 saturated heterocycles. The number of hydrogen-bond acceptors (Lipinski definition) is 2. The Morgan fingerprint density at radius 2 is 1.07 bits per heavy atom. The number of aryl methyl sites for hydroxylation is 1. The Kier molecular flexibility index (Phi) is 9.48. The average molecular weight is 883 g/mol. The van der Waals surface area contributed by atoms with Gasteiger partial charge in [0.05, 0.1) is 27.8 Å². The van der Waals surface area contributed by atoms with Gasteiger partial charge in [-0.2, -0.15) is 0 Å². The molecule has 0 aliphatic heterocycles. The lowest BCUT2D eigenvalue weighted by Crippen LogP contribution is -1.94. The van der Waals surface area contributed by atoms with Crippen LogP contribution in [0.5, 0.6) is 0 Å². The van der Waals surface area contributed by atoms with E-state index in [1.807, 2.05) is 6.92 Å². The summed E-state index contributed by atoms with van der Waals surface area (Å²) in [6.45, 7) is 4.09. The monoisotopic (exact) mass is 882 g/mol. The summed E-state index contributed by atoms with van der Waals surface area (Å²) in [5.41, 5.74) is 18.5. The van der Waals surface area contributed by atoms with Crippen LogP contribution in [0.1, 0.15) is 19.5 Å². The second kappa shape index (κ2) is 16.2. The molecule has 0 radical (unpaired) electrons. The highest BCUT2D eigenvalue weighted by Crippen LogP contribution is 2.42. The van der Waals surface area contributed by atoms with Gasteiger partial charge < -0.3 is 9.13 Å². The Hall–Kier alpha value is -8.86. The van der Waals surface area contributed by atoms with Gasteiger partial charge in [0, 0.05) is 56.1 Å². The molecule has 0 spiro atoms. The Morgan fingerprint density at radius 3 is 1.87 bits per heavy atom. The molecular weight excluding hydrogens is 837 g/mol. The molecule has 0 aliphatic rings. The number of benzene rings is 10. The van der Waals surface area contributed by atoms with Crippen LogP contribution in [-0.4, -0.2) is 19.1 Å². The minimum Gasteiger partial charge on any atom is -0.343 e. The standard InChI is InChI=1S/C65H46N4/c1-4-14-41(5-2)63-56-35-31-45-16-12-20-51(62(45)64(56)67-40-66-63)44-27-25-42(26-28-44)43-29-33-49(34-30-43)69-60-24-11-9-19-54(60)58-38-47(32-36-61(58)69)57-39-48(37-46-15-6-7-17-50(46)57)52-21-13-22-55-53-18-8-10-23-59(53)68(3)65(52)55/h4-40H,1-3H3/b14-4-,41-5+. The molecule has 3 aromatic heterocycles. The van der Waals surface area contributed by atoms with E-state index in [1.165, 1.54) is 87.8 Å². The van der Waals surface area contributed by atoms with Gasteiger partial charge in [0.2, 0.25) is 0 Å². The van der Waals surface area contributed by atoms with Crippen LogP contribution in [0.4, 0.5) is 0 Å². The minimum absolute atomic E-state index is 0.948. The molecule has 13 rings (SSSR count). The van der Waals surface area contributed by atoms with Crippen LogP contribution in [-0.2, 0) is 7.05 Å². The molecule has 0 saturated carbocycles. The van der Waals surface area contributed by atoms with Crippen LogP contribution < -0.4 is 0 Å². The smallest absolute Gasteiger partial charge is 0.116 e. The third-order valence-corrected chi connectivity index (χ3v) is 14.3. The second-order valence-corrected chi connectivity index (χ2v) is 18.1. The first-order valence-corrected chi connectivity index (χ1v) is 23.8. The van der Waals surface area contributed by atoms with Crippen molar-refractivity contribution < 1.29 is 0 Å². The predicted octanol–water partition coefficient (Wildman–Crippen LogP) is 17.3. The SMILES string of the molecule is C/C=C\C(=C/C)c1ncnc2c1ccc1cccc(-c3ccc(-c4ccc(-n5c6ccccc6c6cc(-c7cc(-c8cccc9c%10ccccc%10n(C)c89)cc8ccccc78)ccc65)cc4)cc3)c12. The van der Waals surface area contributed by atoms with Crippen molar-refractivity contribution in [3.63, 3.8) is 0 Å². The Labute approximate surface area is 400 Å². The molecule has 3 heterocycles. The zero-order chi connectivity index (χ0) is 46.2. The third kappa shape index (κ3) is 6.44. The summed E-state index contributed by atoms with van der Waals surface area (Å²) >= 11 is 0. The molecule has 0 unspecified atom stereocenters. The fourth-order valence-electron chi connectivity index (χ4n) is 11.1. The molecule has 4 heteroatoms. The van der Waals surface area contributed by atoms with Crippen LogP contribution in [0.3, 0.4) is 0 Å². The van der Waals surface area contributed by atoms with Gasteiger partial charge in [-0.15, -0.1) is 0 Å². The molecule has 326 valence electrons. The first-order valence-electron chi connectivity index (χ1n) is 23.8. The first-order chi connectivity index (χ1) is 34.1. The van der Waals surface area contributed by atoms with Crippen molar-refractivity contribution in [2.75, 3.05) is 0 Å². The Bertz CT molecular complexity index is 4260. The third-order valence-electron chi connectivity index (χ3n) is 14.3. The van der Waals surface area contributed by atoms with E-state index in [9.17, 15) is 0 Å². The summed E-state index contributed by atoms with van der Waals surface area (Å²) in [6, 6.07) is 73.7. The van der Waals surface area contributed by atoms with Gasteiger partial charge in [0.25, 0.3) is 0 Å². The van der Waals surface area contributed by atoms with Crippen LogP contribution in [0, 0.1) is 0 Å². The number of rotatable bonds is 7. The van der Waals surface area contributed by atoms with E-state index in [1.54, 1.807) is 6.33 Å². The normalized spacial score (nSPS) is 12.3. The van der Waals surface area contributed by atoms with Crippen molar-refractivity contribution in [1.29, 1.82) is 0 Å². The second-order valence-electron chi connectivity index (χ2n) is 18.1. The van der Waals surface area contributed by atoms with Crippen molar-refractivity contribution in [2.45, 2.75) is 13.8 Å². The van der Waals surface area contributed by atoms with Gasteiger partial charge in [-0.1, -0.05) is 164 Å². The molecule has 0 atom stereocenters. The number of para-hydroxylation sites is 3. The average Bonchev–Trinajstić information content (AvgIpc) is 3.90. The summed E-state index contributed by atoms with van der Waals surface area (Å²) < 4.78 is 4.76. The largest absolute Gasteiger partial charge is 0.343 e. The molecule has 69 heavy (non-hydrogen) atoms. The van der Waals surface area contributed by atoms with Gasteiger partial charge >= 0.3 is 0 Å². The minimum atomic E-state index is 0.948. The van der Waals surface area contributed by atoms with Crippen LogP contribution in [0.15, 0.2) is 225 Å². The van der Waals surface area contributed by atoms with Gasteiger partial charge in [-0.25, -0.2) is 9.97 Å². The summed E-state index contributed by atoms with van der Waals surface area (Å²) in [7, 11) is 2.19. The van der Waals surface area contributed by atoms with E-state index in [-0.39, 0.29) is 0 Å². The fraction of sp³-hybridized carbons (Fsp3) is 0.0462. The van der Waals surface area contributed by atoms with E-state index < -0.39 is 0 Å². The van der Waals surface area contributed by atoms with E-state index in [2.05, 4.69) is 242 Å². The maximum Gasteiger partial charge on any atom is 0.116 e. The Balaban J connectivity index is 0.870. The van der Waals surface area contributed by atoms with Crippen molar-refractivity contribution in [3.8, 4) is 50.2 Å². The molecule has 0 aliphatic carbocycles. The van der Waals surface area contributed by atoms with E-state index in [4.69, 9.17) is 9.97 Å². The highest BCUT2D eigenvalue weighted by Gasteiger charge is 2.19. The van der Waals surface area contributed by atoms with E-state index >= 15 is 0 Å². The fourth-order valence-corrected chi connectivity index (χ4v) is 11.1. The lowest BCUT2D eigenvalue weighted by atomic mass is 9.91. The summed E-state index contributed by atoms with van der Waals surface area (Å²) in [6.07, 6.45) is 7.97. The van der Waals surface area contributed by atoms with Gasteiger partial charge in [0.15, 0.2) is 0 Å². The maximum absolute atomic E-state index is 4.86. The van der Waals surface area contributed by atoms with Gasteiger partial charge in [-0.3, -0.25) is 0 Å². The van der Waals surface area contributed by atoms with Gasteiger partial charge in [-0.05, 0) is 129 Å². The summed E-state index contributed by atoms with van der Waals surface area (Å²) in [5.74, 6) is 0. The number of nitrogens with zero attached hydrogens (tertiary/aromatic N) is 4. The maximum atomic E-state index is 4.86.